The Hall–Kier alpha value is -3.61. The SMILES string of the molecule is CC1CN(c2cccc3cnccc23)CCN1C(=O)c1ccc2c(c1)NC(=O)C(C)N2C. The lowest BCUT2D eigenvalue weighted by Crippen LogP contribution is -2.54. The van der Waals surface area contributed by atoms with Gasteiger partial charge in [-0.25, -0.2) is 0 Å². The maximum atomic E-state index is 13.4. The smallest absolute Gasteiger partial charge is 0.254 e. The number of carbonyl (C=O) groups is 2. The molecule has 3 heterocycles. The molecule has 2 aromatic carbocycles. The van der Waals surface area contributed by atoms with Crippen LogP contribution in [0.25, 0.3) is 10.8 Å². The molecule has 2 aliphatic heterocycles. The van der Waals surface area contributed by atoms with Crippen molar-refractivity contribution in [1.29, 1.82) is 0 Å². The van der Waals surface area contributed by atoms with Crippen molar-refractivity contribution >= 4 is 39.6 Å². The van der Waals surface area contributed by atoms with E-state index in [1.807, 2.05) is 54.4 Å². The van der Waals surface area contributed by atoms with E-state index in [9.17, 15) is 9.59 Å². The predicted molar refractivity (Wildman–Crippen MR) is 127 cm³/mol. The molecule has 1 fully saturated rings. The number of benzene rings is 2. The summed E-state index contributed by atoms with van der Waals surface area (Å²) in [7, 11) is 1.90. The Labute approximate surface area is 187 Å². The third-order valence-corrected chi connectivity index (χ3v) is 6.73. The summed E-state index contributed by atoms with van der Waals surface area (Å²) in [5, 5.41) is 5.23. The van der Waals surface area contributed by atoms with Gasteiger partial charge in [-0.3, -0.25) is 14.6 Å². The van der Waals surface area contributed by atoms with Crippen molar-refractivity contribution in [3.8, 4) is 0 Å². The van der Waals surface area contributed by atoms with Crippen molar-refractivity contribution in [2.75, 3.05) is 41.8 Å². The first-order valence-electron chi connectivity index (χ1n) is 11.0. The van der Waals surface area contributed by atoms with Crippen LogP contribution in [-0.4, -0.2) is 60.5 Å². The van der Waals surface area contributed by atoms with Gasteiger partial charge in [0.25, 0.3) is 5.91 Å². The summed E-state index contributed by atoms with van der Waals surface area (Å²) >= 11 is 0. The second kappa shape index (κ2) is 7.82. The van der Waals surface area contributed by atoms with Crippen molar-refractivity contribution in [1.82, 2.24) is 9.88 Å². The zero-order chi connectivity index (χ0) is 22.4. The van der Waals surface area contributed by atoms with Crippen molar-refractivity contribution in [2.45, 2.75) is 25.9 Å². The Bertz CT molecular complexity index is 1200. The Morgan fingerprint density at radius 1 is 1.09 bits per heavy atom. The van der Waals surface area contributed by atoms with Crippen LogP contribution >= 0.6 is 0 Å². The van der Waals surface area contributed by atoms with E-state index in [0.717, 1.165) is 24.2 Å². The van der Waals surface area contributed by atoms with Crippen LogP contribution in [0.3, 0.4) is 0 Å². The van der Waals surface area contributed by atoms with Gasteiger partial charge in [-0.1, -0.05) is 12.1 Å². The molecule has 1 aromatic heterocycles. The number of anilines is 3. The summed E-state index contributed by atoms with van der Waals surface area (Å²) in [6.45, 7) is 6.12. The first-order chi connectivity index (χ1) is 15.4. The van der Waals surface area contributed by atoms with E-state index in [1.165, 1.54) is 11.1 Å². The average Bonchev–Trinajstić information content (AvgIpc) is 2.81. The molecule has 0 spiro atoms. The molecule has 164 valence electrons. The molecule has 32 heavy (non-hydrogen) atoms. The summed E-state index contributed by atoms with van der Waals surface area (Å²) in [5.41, 5.74) is 3.40. The molecule has 2 atom stereocenters. The number of nitrogens with zero attached hydrogens (tertiary/aromatic N) is 4. The van der Waals surface area contributed by atoms with Gasteiger partial charge >= 0.3 is 0 Å². The molecule has 0 bridgehead atoms. The molecule has 0 saturated carbocycles. The van der Waals surface area contributed by atoms with Crippen LogP contribution in [0, 0.1) is 0 Å². The van der Waals surface area contributed by atoms with Gasteiger partial charge in [0.1, 0.15) is 6.04 Å². The summed E-state index contributed by atoms with van der Waals surface area (Å²) in [4.78, 5) is 36.0. The second-order valence-corrected chi connectivity index (χ2v) is 8.68. The lowest BCUT2D eigenvalue weighted by atomic mass is 10.0. The van der Waals surface area contributed by atoms with Gasteiger partial charge in [0.15, 0.2) is 0 Å². The predicted octanol–water partition coefficient (Wildman–Crippen LogP) is 3.36. The van der Waals surface area contributed by atoms with Gasteiger partial charge in [0, 0.05) is 67.1 Å². The second-order valence-electron chi connectivity index (χ2n) is 8.68. The number of hydrogen-bond acceptors (Lipinski definition) is 5. The molecule has 5 rings (SSSR count). The molecule has 0 radical (unpaired) electrons. The fourth-order valence-corrected chi connectivity index (χ4v) is 4.72. The lowest BCUT2D eigenvalue weighted by Gasteiger charge is -2.41. The van der Waals surface area contributed by atoms with Crippen LogP contribution in [-0.2, 0) is 4.79 Å². The number of rotatable bonds is 2. The standard InChI is InChI=1S/C25H27N5O2/c1-16-15-29(22-6-4-5-19-14-26-10-9-20(19)22)11-12-30(16)25(32)18-7-8-23-21(13-18)27-24(31)17(2)28(23)3/h4-10,13-14,16-17H,11-12,15H2,1-3H3,(H,27,31). The van der Waals surface area contributed by atoms with Crippen molar-refractivity contribution < 1.29 is 9.59 Å². The molecule has 7 heteroatoms. The zero-order valence-corrected chi connectivity index (χ0v) is 18.6. The highest BCUT2D eigenvalue weighted by molar-refractivity contribution is 6.05. The van der Waals surface area contributed by atoms with Crippen molar-refractivity contribution in [3.63, 3.8) is 0 Å². The van der Waals surface area contributed by atoms with E-state index in [4.69, 9.17) is 0 Å². The quantitative estimate of drug-likeness (QED) is 0.677. The van der Waals surface area contributed by atoms with Gasteiger partial charge in [0.05, 0.1) is 11.4 Å². The van der Waals surface area contributed by atoms with Crippen LogP contribution in [0.2, 0.25) is 0 Å². The van der Waals surface area contributed by atoms with Gasteiger partial charge in [-0.15, -0.1) is 0 Å². The highest BCUT2D eigenvalue weighted by atomic mass is 16.2. The fourth-order valence-electron chi connectivity index (χ4n) is 4.72. The van der Waals surface area contributed by atoms with E-state index in [0.29, 0.717) is 17.8 Å². The number of hydrogen-bond donors (Lipinski definition) is 1. The molecule has 3 aromatic rings. The monoisotopic (exact) mass is 429 g/mol. The number of piperazine rings is 1. The molecule has 2 unspecified atom stereocenters. The van der Waals surface area contributed by atoms with Gasteiger partial charge in [-0.2, -0.15) is 0 Å². The maximum absolute atomic E-state index is 13.4. The summed E-state index contributed by atoms with van der Waals surface area (Å²) in [5.74, 6) is -0.0607. The number of pyridine rings is 1. The molecule has 0 aliphatic carbocycles. The minimum absolute atomic E-state index is 0.00223. The van der Waals surface area contributed by atoms with Crippen LogP contribution < -0.4 is 15.1 Å². The number of amides is 2. The van der Waals surface area contributed by atoms with Crippen molar-refractivity contribution in [2.24, 2.45) is 0 Å². The number of likely N-dealkylation sites (N-methyl/N-ethyl adjacent to an activating group) is 1. The first-order valence-corrected chi connectivity index (χ1v) is 11.0. The first kappa shape index (κ1) is 20.3. The van der Waals surface area contributed by atoms with Crippen LogP contribution in [0.1, 0.15) is 24.2 Å². The van der Waals surface area contributed by atoms with Gasteiger partial charge in [0.2, 0.25) is 5.91 Å². The number of aromatic nitrogens is 1. The molecule has 2 amide bonds. The molecule has 7 nitrogen and oxygen atoms in total. The third kappa shape index (κ3) is 3.34. The van der Waals surface area contributed by atoms with Gasteiger partial charge < -0.3 is 20.0 Å². The van der Waals surface area contributed by atoms with E-state index in [1.54, 1.807) is 6.07 Å². The highest BCUT2D eigenvalue weighted by Crippen LogP contribution is 2.33. The number of carbonyl (C=O) groups excluding carboxylic acids is 2. The summed E-state index contributed by atoms with van der Waals surface area (Å²) in [6.07, 6.45) is 3.71. The summed E-state index contributed by atoms with van der Waals surface area (Å²) in [6, 6.07) is 13.7. The van der Waals surface area contributed by atoms with Crippen LogP contribution in [0.15, 0.2) is 54.9 Å². The normalized spacial score (nSPS) is 20.8. The molecule has 1 N–H and O–H groups in total. The van der Waals surface area contributed by atoms with E-state index in [-0.39, 0.29) is 23.9 Å². The minimum Gasteiger partial charge on any atom is -0.367 e. The third-order valence-electron chi connectivity index (χ3n) is 6.73. The Morgan fingerprint density at radius 3 is 2.75 bits per heavy atom. The van der Waals surface area contributed by atoms with E-state index in [2.05, 4.69) is 40.3 Å². The Balaban J connectivity index is 1.36. The molecular formula is C25H27N5O2. The maximum Gasteiger partial charge on any atom is 0.254 e. The van der Waals surface area contributed by atoms with Crippen LogP contribution in [0.5, 0.6) is 0 Å². The minimum atomic E-state index is -0.234. The Kier molecular flexibility index (Phi) is 4.96. The van der Waals surface area contributed by atoms with Crippen LogP contribution in [0.4, 0.5) is 17.1 Å². The largest absolute Gasteiger partial charge is 0.367 e. The molecule has 1 saturated heterocycles. The van der Waals surface area contributed by atoms with E-state index < -0.39 is 0 Å². The topological polar surface area (TPSA) is 68.8 Å². The summed E-state index contributed by atoms with van der Waals surface area (Å²) < 4.78 is 0. The molecule has 2 aliphatic rings. The van der Waals surface area contributed by atoms with Gasteiger partial charge in [-0.05, 0) is 44.2 Å². The number of nitrogens with one attached hydrogen (secondary N) is 1. The highest BCUT2D eigenvalue weighted by Gasteiger charge is 2.31. The molecular weight excluding hydrogens is 402 g/mol. The van der Waals surface area contributed by atoms with Crippen molar-refractivity contribution in [3.05, 3.63) is 60.4 Å². The lowest BCUT2D eigenvalue weighted by molar-refractivity contribution is -0.117. The fraction of sp³-hybridized carbons (Fsp3) is 0.320. The Morgan fingerprint density at radius 2 is 1.94 bits per heavy atom. The zero-order valence-electron chi connectivity index (χ0n) is 18.6. The number of fused-ring (bicyclic) bond motifs is 2. The average molecular weight is 430 g/mol. The van der Waals surface area contributed by atoms with E-state index >= 15 is 0 Å².